The van der Waals surface area contributed by atoms with E-state index in [0.717, 1.165) is 63.5 Å². The van der Waals surface area contributed by atoms with Crippen LogP contribution in [0, 0.1) is 0 Å². The number of rotatable bonds is 16. The summed E-state index contributed by atoms with van der Waals surface area (Å²) in [4.78, 5) is 32.9. The first-order valence-electron chi connectivity index (χ1n) is 8.98. The lowest BCUT2D eigenvalue weighted by atomic mass is 10.2. The summed E-state index contributed by atoms with van der Waals surface area (Å²) >= 11 is 0. The lowest BCUT2D eigenvalue weighted by Gasteiger charge is -2.06. The number of carbonyl (C=O) groups excluding carboxylic acids is 3. The van der Waals surface area contributed by atoms with E-state index >= 15 is 0 Å². The third-order valence-corrected chi connectivity index (χ3v) is 3.34. The van der Waals surface area contributed by atoms with Gasteiger partial charge >= 0.3 is 18.1 Å². The van der Waals surface area contributed by atoms with Crippen molar-refractivity contribution in [2.45, 2.75) is 51.4 Å². The topological polar surface area (TPSA) is 88.1 Å². The molecule has 0 aliphatic heterocycles. The van der Waals surface area contributed by atoms with E-state index < -0.39 is 18.1 Å². The fourth-order valence-electron chi connectivity index (χ4n) is 1.93. The van der Waals surface area contributed by atoms with Gasteiger partial charge in [-0.3, -0.25) is 0 Å². The summed E-state index contributed by atoms with van der Waals surface area (Å²) in [6.07, 6.45) is 8.22. The fourth-order valence-corrected chi connectivity index (χ4v) is 1.93. The molecular formula is C19H30O7. The van der Waals surface area contributed by atoms with Crippen LogP contribution in [0.3, 0.4) is 0 Å². The molecule has 0 aliphatic carbocycles. The van der Waals surface area contributed by atoms with E-state index in [1.807, 2.05) is 0 Å². The van der Waals surface area contributed by atoms with Crippen LogP contribution in [0.1, 0.15) is 51.4 Å². The molecule has 0 saturated carbocycles. The molecule has 0 aliphatic rings. The second kappa shape index (κ2) is 17.5. The van der Waals surface area contributed by atoms with E-state index in [4.69, 9.17) is 18.9 Å². The minimum Gasteiger partial charge on any atom is -0.463 e. The molecule has 0 saturated heterocycles. The van der Waals surface area contributed by atoms with Gasteiger partial charge in [-0.2, -0.15) is 0 Å². The average Bonchev–Trinajstić information content (AvgIpc) is 2.65. The molecular weight excluding hydrogens is 340 g/mol. The molecule has 0 aromatic rings. The van der Waals surface area contributed by atoms with E-state index in [0.29, 0.717) is 26.4 Å². The lowest BCUT2D eigenvalue weighted by molar-refractivity contribution is -0.138. The van der Waals surface area contributed by atoms with Gasteiger partial charge in [-0.05, 0) is 51.4 Å². The molecule has 0 aromatic heterocycles. The van der Waals surface area contributed by atoms with Gasteiger partial charge in [-0.15, -0.1) is 0 Å². The molecule has 0 unspecified atom stereocenters. The maximum Gasteiger partial charge on any atom is 0.508 e. The third-order valence-electron chi connectivity index (χ3n) is 3.34. The van der Waals surface area contributed by atoms with E-state index in [1.54, 1.807) is 0 Å². The second-order valence-electron chi connectivity index (χ2n) is 5.52. The van der Waals surface area contributed by atoms with Crippen molar-refractivity contribution in [2.75, 3.05) is 26.4 Å². The number of hydrogen-bond donors (Lipinski definition) is 0. The first kappa shape index (κ1) is 23.7. The Balaban J connectivity index is 3.27. The van der Waals surface area contributed by atoms with Gasteiger partial charge in [-0.1, -0.05) is 13.2 Å². The summed E-state index contributed by atoms with van der Waals surface area (Å²) in [7, 11) is 0. The third kappa shape index (κ3) is 16.5. The van der Waals surface area contributed by atoms with Crippen LogP contribution >= 0.6 is 0 Å². The summed E-state index contributed by atoms with van der Waals surface area (Å²) in [5, 5.41) is 0. The minimum absolute atomic E-state index is 0.319. The summed E-state index contributed by atoms with van der Waals surface area (Å²) in [6.45, 7) is 8.03. The van der Waals surface area contributed by atoms with Gasteiger partial charge in [0.05, 0.1) is 26.4 Å². The van der Waals surface area contributed by atoms with Crippen molar-refractivity contribution in [3.05, 3.63) is 25.3 Å². The van der Waals surface area contributed by atoms with Gasteiger partial charge in [0.2, 0.25) is 0 Å². The minimum atomic E-state index is -0.648. The molecule has 0 N–H and O–H groups in total. The molecule has 0 aromatic carbocycles. The molecule has 7 nitrogen and oxygen atoms in total. The van der Waals surface area contributed by atoms with Crippen LogP contribution in [0.2, 0.25) is 0 Å². The Hall–Kier alpha value is -2.31. The van der Waals surface area contributed by atoms with Crippen molar-refractivity contribution in [1.29, 1.82) is 0 Å². The number of esters is 2. The monoisotopic (exact) mass is 370 g/mol. The van der Waals surface area contributed by atoms with E-state index in [9.17, 15) is 14.4 Å². The van der Waals surface area contributed by atoms with E-state index in [2.05, 4.69) is 13.2 Å². The molecule has 0 rings (SSSR count). The lowest BCUT2D eigenvalue weighted by Crippen LogP contribution is -2.09. The summed E-state index contributed by atoms with van der Waals surface area (Å²) in [6, 6.07) is 0. The van der Waals surface area contributed by atoms with Crippen molar-refractivity contribution in [2.24, 2.45) is 0 Å². The quantitative estimate of drug-likeness (QED) is 0.177. The fraction of sp³-hybridized carbons (Fsp3) is 0.632. The van der Waals surface area contributed by atoms with Gasteiger partial charge in [-0.25, -0.2) is 14.4 Å². The van der Waals surface area contributed by atoms with E-state index in [1.165, 1.54) is 0 Å². The maximum absolute atomic E-state index is 11.4. The van der Waals surface area contributed by atoms with Crippen LogP contribution in [0.25, 0.3) is 0 Å². The molecule has 0 atom stereocenters. The number of hydrogen-bond acceptors (Lipinski definition) is 7. The highest BCUT2D eigenvalue weighted by Gasteiger charge is 2.03. The smallest absolute Gasteiger partial charge is 0.463 e. The number of carbonyl (C=O) groups is 3. The van der Waals surface area contributed by atoms with Crippen molar-refractivity contribution in [3.63, 3.8) is 0 Å². The Bertz CT molecular complexity index is 394. The van der Waals surface area contributed by atoms with Gasteiger partial charge in [0.15, 0.2) is 0 Å². The van der Waals surface area contributed by atoms with Crippen LogP contribution in [0.15, 0.2) is 25.3 Å². The summed E-state index contributed by atoms with van der Waals surface area (Å²) in [5.41, 5.74) is 0. The predicted octanol–water partition coefficient (Wildman–Crippen LogP) is 3.72. The van der Waals surface area contributed by atoms with Crippen molar-refractivity contribution < 1.29 is 33.3 Å². The number of unbranched alkanes of at least 4 members (excludes halogenated alkanes) is 6. The average molecular weight is 370 g/mol. The van der Waals surface area contributed by atoms with Gasteiger partial charge < -0.3 is 18.9 Å². The molecule has 0 bridgehead atoms. The van der Waals surface area contributed by atoms with E-state index in [-0.39, 0.29) is 0 Å². The van der Waals surface area contributed by atoms with Gasteiger partial charge in [0, 0.05) is 12.2 Å². The van der Waals surface area contributed by atoms with Crippen molar-refractivity contribution >= 4 is 18.1 Å². The molecule has 26 heavy (non-hydrogen) atoms. The molecule has 0 heterocycles. The normalized spacial score (nSPS) is 9.85. The zero-order valence-electron chi connectivity index (χ0n) is 15.4. The van der Waals surface area contributed by atoms with Gasteiger partial charge in [0.1, 0.15) is 0 Å². The van der Waals surface area contributed by atoms with Crippen molar-refractivity contribution in [3.8, 4) is 0 Å². The van der Waals surface area contributed by atoms with Crippen LogP contribution in [0.4, 0.5) is 4.79 Å². The summed E-state index contributed by atoms with van der Waals surface area (Å²) < 4.78 is 19.6. The van der Waals surface area contributed by atoms with Crippen LogP contribution < -0.4 is 0 Å². The first-order valence-corrected chi connectivity index (χ1v) is 8.98. The predicted molar refractivity (Wildman–Crippen MR) is 96.5 cm³/mol. The largest absolute Gasteiger partial charge is 0.508 e. The highest BCUT2D eigenvalue weighted by Crippen LogP contribution is 2.03. The molecule has 0 fully saturated rings. The Morgan fingerprint density at radius 3 is 1.15 bits per heavy atom. The van der Waals surface area contributed by atoms with Crippen LogP contribution in [-0.4, -0.2) is 44.5 Å². The Morgan fingerprint density at radius 2 is 0.846 bits per heavy atom. The molecule has 0 amide bonds. The zero-order valence-corrected chi connectivity index (χ0v) is 15.4. The number of ether oxygens (including phenoxy) is 4. The van der Waals surface area contributed by atoms with Crippen LogP contribution in [-0.2, 0) is 28.5 Å². The van der Waals surface area contributed by atoms with Crippen molar-refractivity contribution in [1.82, 2.24) is 0 Å². The first-order chi connectivity index (χ1) is 12.6. The Labute approximate surface area is 155 Å². The molecule has 148 valence electrons. The Kier molecular flexibility index (Phi) is 16.0. The highest BCUT2D eigenvalue weighted by molar-refractivity contribution is 5.81. The highest BCUT2D eigenvalue weighted by atomic mass is 16.7. The second-order valence-corrected chi connectivity index (χ2v) is 5.52. The zero-order chi connectivity index (χ0) is 19.5. The summed E-state index contributed by atoms with van der Waals surface area (Å²) in [5.74, 6) is -0.820. The molecule has 0 radical (unpaired) electrons. The maximum atomic E-state index is 11.4. The SMILES string of the molecule is C=CC(=O)OCCCCCCOC(=O)OCCCCCCOC(=O)C=C. The van der Waals surface area contributed by atoms with Crippen LogP contribution in [0.5, 0.6) is 0 Å². The van der Waals surface area contributed by atoms with Gasteiger partial charge in [0.25, 0.3) is 0 Å². The Morgan fingerprint density at radius 1 is 0.538 bits per heavy atom. The molecule has 0 spiro atoms. The standard InChI is InChI=1S/C19H30O7/c1-3-17(20)23-13-9-5-7-11-15-25-19(22)26-16-12-8-6-10-14-24-18(21)4-2/h3-4H,1-2,5-16H2. The molecule has 7 heteroatoms.